The van der Waals surface area contributed by atoms with E-state index >= 15 is 0 Å². The highest BCUT2D eigenvalue weighted by molar-refractivity contribution is 9.10. The van der Waals surface area contributed by atoms with Gasteiger partial charge in [-0.1, -0.05) is 5.11 Å². The topological polar surface area (TPSA) is 114 Å². The Morgan fingerprint density at radius 2 is 1.64 bits per heavy atom. The van der Waals surface area contributed by atoms with Crippen LogP contribution in [0.5, 0.6) is 0 Å². The second-order valence-corrected chi connectivity index (χ2v) is 4.86. The van der Waals surface area contributed by atoms with Gasteiger partial charge in [0.15, 0.2) is 0 Å². The van der Waals surface area contributed by atoms with E-state index in [1.165, 1.54) is 0 Å². The molecule has 0 atom stereocenters. The lowest BCUT2D eigenvalue weighted by Crippen LogP contribution is -2.15. The highest BCUT2D eigenvalue weighted by Crippen LogP contribution is 2.06. The smallest absolute Gasteiger partial charge is 0.222 e. The number of rotatable bonds is 13. The van der Waals surface area contributed by atoms with Crippen LogP contribution < -0.4 is 5.32 Å². The third kappa shape index (κ3) is 10.3. The van der Waals surface area contributed by atoms with Crippen LogP contribution in [0.15, 0.2) is 22.0 Å². The summed E-state index contributed by atoms with van der Waals surface area (Å²) in [6.45, 7) is 3.92. The van der Waals surface area contributed by atoms with Gasteiger partial charge in [0.2, 0.25) is 5.95 Å². The number of ether oxygens (including phenoxy) is 3. The second-order valence-electron chi connectivity index (χ2n) is 3.94. The molecule has 1 aromatic rings. The summed E-state index contributed by atoms with van der Waals surface area (Å²) in [6, 6.07) is 0. The highest BCUT2D eigenvalue weighted by Gasteiger charge is 1.95. The van der Waals surface area contributed by atoms with Crippen molar-refractivity contribution in [2.75, 3.05) is 58.0 Å². The number of aromatic nitrogens is 2. The molecule has 22 heavy (non-hydrogen) atoms. The van der Waals surface area contributed by atoms with E-state index in [0.717, 1.165) is 4.47 Å². The summed E-state index contributed by atoms with van der Waals surface area (Å²) in [7, 11) is 0. The molecule has 1 aromatic heterocycles. The standard InChI is InChI=1S/C12H19BrN6O3/c13-11-9-16-12(17-10-11)15-1-3-20-5-7-22-8-6-21-4-2-18-19-14/h9-10H,1-8H2,(H,15,16,17). The van der Waals surface area contributed by atoms with Crippen LogP contribution in [0, 0.1) is 0 Å². The lowest BCUT2D eigenvalue weighted by atomic mass is 10.6. The summed E-state index contributed by atoms with van der Waals surface area (Å²) in [4.78, 5) is 10.8. The van der Waals surface area contributed by atoms with Crippen LogP contribution in [-0.2, 0) is 14.2 Å². The maximum absolute atomic E-state index is 8.05. The van der Waals surface area contributed by atoms with E-state index in [1.807, 2.05) is 0 Å². The van der Waals surface area contributed by atoms with Gasteiger partial charge in [0.1, 0.15) is 0 Å². The quantitative estimate of drug-likeness (QED) is 0.244. The van der Waals surface area contributed by atoms with E-state index in [2.05, 4.69) is 41.2 Å². The first-order valence-corrected chi connectivity index (χ1v) is 7.57. The molecule has 0 amide bonds. The molecule has 0 aliphatic heterocycles. The van der Waals surface area contributed by atoms with Gasteiger partial charge in [-0.15, -0.1) is 0 Å². The number of anilines is 1. The first-order valence-electron chi connectivity index (χ1n) is 6.78. The zero-order valence-corrected chi connectivity index (χ0v) is 13.7. The Balaban J connectivity index is 1.82. The van der Waals surface area contributed by atoms with Gasteiger partial charge in [0, 0.05) is 30.4 Å². The molecule has 0 saturated heterocycles. The minimum atomic E-state index is 0.342. The lowest BCUT2D eigenvalue weighted by Gasteiger charge is -2.07. The number of hydrogen-bond acceptors (Lipinski definition) is 7. The summed E-state index contributed by atoms with van der Waals surface area (Å²) in [5, 5.41) is 6.40. The van der Waals surface area contributed by atoms with Crippen molar-refractivity contribution in [3.05, 3.63) is 27.3 Å². The molecule has 10 heteroatoms. The predicted octanol–water partition coefficient (Wildman–Crippen LogP) is 2.01. The van der Waals surface area contributed by atoms with E-state index < -0.39 is 0 Å². The molecule has 0 unspecified atom stereocenters. The summed E-state index contributed by atoms with van der Waals surface area (Å²) in [5.41, 5.74) is 8.05. The van der Waals surface area contributed by atoms with Gasteiger partial charge in [-0.3, -0.25) is 0 Å². The van der Waals surface area contributed by atoms with Crippen LogP contribution in [-0.4, -0.2) is 62.7 Å². The fourth-order valence-corrected chi connectivity index (χ4v) is 1.54. The molecule has 1 N–H and O–H groups in total. The van der Waals surface area contributed by atoms with Gasteiger partial charge < -0.3 is 19.5 Å². The van der Waals surface area contributed by atoms with Gasteiger partial charge in [-0.05, 0) is 21.5 Å². The highest BCUT2D eigenvalue weighted by atomic mass is 79.9. The second kappa shape index (κ2) is 13.2. The fourth-order valence-electron chi connectivity index (χ4n) is 1.33. The fraction of sp³-hybridized carbons (Fsp3) is 0.667. The molecule has 0 radical (unpaired) electrons. The van der Waals surface area contributed by atoms with Gasteiger partial charge >= 0.3 is 0 Å². The Morgan fingerprint density at radius 1 is 1.05 bits per heavy atom. The van der Waals surface area contributed by atoms with Crippen LogP contribution in [0.25, 0.3) is 10.4 Å². The Bertz CT molecular complexity index is 441. The monoisotopic (exact) mass is 374 g/mol. The third-order valence-corrected chi connectivity index (χ3v) is 2.70. The van der Waals surface area contributed by atoms with Crippen molar-refractivity contribution in [2.24, 2.45) is 5.11 Å². The number of nitrogens with one attached hydrogen (secondary N) is 1. The first-order chi connectivity index (χ1) is 10.8. The summed E-state index contributed by atoms with van der Waals surface area (Å²) in [5.74, 6) is 0.570. The molecule has 0 aliphatic carbocycles. The minimum Gasteiger partial charge on any atom is -0.379 e. The maximum atomic E-state index is 8.05. The zero-order chi connectivity index (χ0) is 15.9. The van der Waals surface area contributed by atoms with Gasteiger partial charge in [0.25, 0.3) is 0 Å². The summed E-state index contributed by atoms with van der Waals surface area (Å²) >= 11 is 3.27. The van der Waals surface area contributed by atoms with Gasteiger partial charge in [-0.2, -0.15) is 0 Å². The SMILES string of the molecule is [N-]=[N+]=NCCOCCOCCOCCNc1ncc(Br)cn1. The van der Waals surface area contributed by atoms with Crippen molar-refractivity contribution in [2.45, 2.75) is 0 Å². The molecule has 0 aliphatic rings. The zero-order valence-electron chi connectivity index (χ0n) is 12.2. The molecular formula is C12H19BrN6O3. The van der Waals surface area contributed by atoms with E-state index in [1.54, 1.807) is 12.4 Å². The lowest BCUT2D eigenvalue weighted by molar-refractivity contribution is 0.0179. The Labute approximate surface area is 137 Å². The summed E-state index contributed by atoms with van der Waals surface area (Å²) < 4.78 is 16.7. The average Bonchev–Trinajstić information content (AvgIpc) is 2.53. The van der Waals surface area contributed by atoms with Crippen molar-refractivity contribution in [3.63, 3.8) is 0 Å². The normalized spacial score (nSPS) is 10.2. The van der Waals surface area contributed by atoms with E-state index in [-0.39, 0.29) is 0 Å². The molecule has 9 nitrogen and oxygen atoms in total. The van der Waals surface area contributed by atoms with E-state index in [0.29, 0.717) is 58.7 Å². The maximum Gasteiger partial charge on any atom is 0.222 e. The van der Waals surface area contributed by atoms with Crippen LogP contribution in [0.4, 0.5) is 5.95 Å². The molecule has 0 bridgehead atoms. The Hall–Kier alpha value is -1.45. The van der Waals surface area contributed by atoms with Crippen molar-refractivity contribution >= 4 is 21.9 Å². The van der Waals surface area contributed by atoms with Crippen molar-refractivity contribution in [1.82, 2.24) is 9.97 Å². The Morgan fingerprint density at radius 3 is 2.27 bits per heavy atom. The molecule has 1 heterocycles. The van der Waals surface area contributed by atoms with Crippen molar-refractivity contribution < 1.29 is 14.2 Å². The van der Waals surface area contributed by atoms with Crippen molar-refractivity contribution in [1.29, 1.82) is 0 Å². The molecule has 0 saturated carbocycles. The summed E-state index contributed by atoms with van der Waals surface area (Å²) in [6.07, 6.45) is 3.36. The number of hydrogen-bond donors (Lipinski definition) is 1. The van der Waals surface area contributed by atoms with Crippen LogP contribution >= 0.6 is 15.9 Å². The number of halogens is 1. The van der Waals surface area contributed by atoms with Gasteiger partial charge in [-0.25, -0.2) is 9.97 Å². The van der Waals surface area contributed by atoms with Crippen molar-refractivity contribution in [3.8, 4) is 0 Å². The average molecular weight is 375 g/mol. The largest absolute Gasteiger partial charge is 0.379 e. The molecule has 1 rings (SSSR count). The first kappa shape index (κ1) is 18.6. The van der Waals surface area contributed by atoms with Crippen LogP contribution in [0.1, 0.15) is 0 Å². The van der Waals surface area contributed by atoms with E-state index in [4.69, 9.17) is 19.7 Å². The minimum absolute atomic E-state index is 0.342. The number of nitrogens with zero attached hydrogens (tertiary/aromatic N) is 5. The molecule has 122 valence electrons. The Kier molecular flexibility index (Phi) is 11.2. The number of azide groups is 1. The third-order valence-electron chi connectivity index (χ3n) is 2.29. The van der Waals surface area contributed by atoms with Crippen LogP contribution in [0.3, 0.4) is 0 Å². The van der Waals surface area contributed by atoms with Gasteiger partial charge in [0.05, 0.1) is 44.1 Å². The molecular weight excluding hydrogens is 356 g/mol. The van der Waals surface area contributed by atoms with Crippen LogP contribution in [0.2, 0.25) is 0 Å². The van der Waals surface area contributed by atoms with E-state index in [9.17, 15) is 0 Å². The molecule has 0 fully saturated rings. The predicted molar refractivity (Wildman–Crippen MR) is 84.7 cm³/mol. The molecule has 0 spiro atoms. The molecule has 0 aromatic carbocycles.